The molecule has 2 amide bonds. The number of hydrogen-bond donors (Lipinski definition) is 2. The first-order valence-corrected chi connectivity index (χ1v) is 9.57. The van der Waals surface area contributed by atoms with Gasteiger partial charge in [0.25, 0.3) is 11.8 Å². The van der Waals surface area contributed by atoms with Gasteiger partial charge in [0, 0.05) is 18.8 Å². The summed E-state index contributed by atoms with van der Waals surface area (Å²) < 4.78 is 17.3. The third kappa shape index (κ3) is 4.02. The van der Waals surface area contributed by atoms with Crippen molar-refractivity contribution in [1.29, 1.82) is 0 Å². The van der Waals surface area contributed by atoms with Crippen LogP contribution in [0.1, 0.15) is 32.7 Å². The number of benzene rings is 2. The number of nitrogens with zero attached hydrogens (tertiary/aromatic N) is 2. The first kappa shape index (κ1) is 20.3. The molecule has 1 atom stereocenters. The average molecular weight is 422 g/mol. The standard InChI is InChI=1S/C22H22N4O5/c1-29-14-6-4-13(5-7-14)17-11-26-12-18(23-20(26)22(28)25-17)21(27)24-16-9-8-15(30-2)10-19(16)31-3/h4-10,12,17H,11H2,1-3H3,(H,24,27)(H,25,28). The quantitative estimate of drug-likeness (QED) is 0.633. The zero-order valence-electron chi connectivity index (χ0n) is 17.3. The van der Waals surface area contributed by atoms with Crippen LogP contribution >= 0.6 is 0 Å². The summed E-state index contributed by atoms with van der Waals surface area (Å²) in [6.45, 7) is 0.458. The smallest absolute Gasteiger partial charge is 0.287 e. The summed E-state index contributed by atoms with van der Waals surface area (Å²) >= 11 is 0. The van der Waals surface area contributed by atoms with Crippen LogP contribution in [0.5, 0.6) is 17.2 Å². The van der Waals surface area contributed by atoms with Crippen molar-refractivity contribution in [2.45, 2.75) is 12.6 Å². The molecule has 2 N–H and O–H groups in total. The zero-order valence-corrected chi connectivity index (χ0v) is 17.3. The molecule has 2 aromatic carbocycles. The van der Waals surface area contributed by atoms with Gasteiger partial charge in [-0.1, -0.05) is 12.1 Å². The molecule has 1 unspecified atom stereocenters. The van der Waals surface area contributed by atoms with Crippen LogP contribution in [0.15, 0.2) is 48.7 Å². The number of carbonyl (C=O) groups is 2. The maximum absolute atomic E-state index is 12.8. The van der Waals surface area contributed by atoms with Crippen molar-refractivity contribution in [3.05, 3.63) is 65.7 Å². The molecule has 0 saturated heterocycles. The number of anilines is 1. The van der Waals surface area contributed by atoms with Crippen LogP contribution in [0, 0.1) is 0 Å². The average Bonchev–Trinajstić information content (AvgIpc) is 3.24. The van der Waals surface area contributed by atoms with Gasteiger partial charge in [0.05, 0.1) is 33.1 Å². The number of rotatable bonds is 6. The fourth-order valence-electron chi connectivity index (χ4n) is 3.42. The Hall–Kier alpha value is -4.01. The highest BCUT2D eigenvalue weighted by atomic mass is 16.5. The Morgan fingerprint density at radius 1 is 1.06 bits per heavy atom. The van der Waals surface area contributed by atoms with Gasteiger partial charge in [-0.05, 0) is 29.8 Å². The Morgan fingerprint density at radius 2 is 1.77 bits per heavy atom. The lowest BCUT2D eigenvalue weighted by atomic mass is 10.1. The van der Waals surface area contributed by atoms with Gasteiger partial charge in [0.15, 0.2) is 5.82 Å². The molecule has 3 aromatic rings. The van der Waals surface area contributed by atoms with Crippen molar-refractivity contribution in [2.24, 2.45) is 0 Å². The van der Waals surface area contributed by atoms with Crippen molar-refractivity contribution in [3.8, 4) is 17.2 Å². The molecule has 9 heteroatoms. The van der Waals surface area contributed by atoms with Crippen molar-refractivity contribution >= 4 is 17.5 Å². The summed E-state index contributed by atoms with van der Waals surface area (Å²) in [5.74, 6) is 1.20. The van der Waals surface area contributed by atoms with E-state index in [0.717, 1.165) is 11.3 Å². The molecule has 1 aliphatic rings. The lowest BCUT2D eigenvalue weighted by Crippen LogP contribution is -2.38. The Bertz CT molecular complexity index is 1120. The van der Waals surface area contributed by atoms with Gasteiger partial charge in [-0.15, -0.1) is 0 Å². The Kier molecular flexibility index (Phi) is 5.48. The number of carbonyl (C=O) groups excluding carboxylic acids is 2. The number of fused-ring (bicyclic) bond motifs is 1. The molecule has 0 radical (unpaired) electrons. The minimum atomic E-state index is -0.445. The summed E-state index contributed by atoms with van der Waals surface area (Å²) in [5.41, 5.74) is 1.54. The first-order valence-electron chi connectivity index (χ1n) is 9.57. The van der Waals surface area contributed by atoms with E-state index in [1.54, 1.807) is 43.2 Å². The van der Waals surface area contributed by atoms with E-state index in [1.807, 2.05) is 24.3 Å². The predicted molar refractivity (Wildman–Crippen MR) is 113 cm³/mol. The van der Waals surface area contributed by atoms with Crippen LogP contribution in [0.3, 0.4) is 0 Å². The summed E-state index contributed by atoms with van der Waals surface area (Å²) in [6, 6.07) is 12.3. The van der Waals surface area contributed by atoms with Crippen molar-refractivity contribution in [3.63, 3.8) is 0 Å². The lowest BCUT2D eigenvalue weighted by molar-refractivity contribution is 0.0894. The number of nitrogens with one attached hydrogen (secondary N) is 2. The van der Waals surface area contributed by atoms with Gasteiger partial charge in [-0.25, -0.2) is 4.98 Å². The molecule has 160 valence electrons. The highest BCUT2D eigenvalue weighted by Gasteiger charge is 2.29. The van der Waals surface area contributed by atoms with Crippen LogP contribution in [0.2, 0.25) is 0 Å². The zero-order chi connectivity index (χ0) is 22.0. The van der Waals surface area contributed by atoms with E-state index < -0.39 is 5.91 Å². The number of amides is 2. The summed E-state index contributed by atoms with van der Waals surface area (Å²) in [4.78, 5) is 29.6. The van der Waals surface area contributed by atoms with Crippen LogP contribution < -0.4 is 24.8 Å². The maximum atomic E-state index is 12.8. The SMILES string of the molecule is COc1ccc(C2Cn3cc(C(=O)Nc4ccc(OC)cc4OC)nc3C(=O)N2)cc1. The summed E-state index contributed by atoms with van der Waals surface area (Å²) in [6.07, 6.45) is 1.58. The minimum Gasteiger partial charge on any atom is -0.497 e. The van der Waals surface area contributed by atoms with Gasteiger partial charge in [-0.2, -0.15) is 0 Å². The number of imidazole rings is 1. The molecular formula is C22H22N4O5. The van der Waals surface area contributed by atoms with Crippen LogP contribution in [0.4, 0.5) is 5.69 Å². The highest BCUT2D eigenvalue weighted by Crippen LogP contribution is 2.29. The first-order chi connectivity index (χ1) is 15.0. The molecule has 0 fully saturated rings. The van der Waals surface area contributed by atoms with Crippen molar-refractivity contribution in [1.82, 2.24) is 14.9 Å². The topological polar surface area (TPSA) is 104 Å². The van der Waals surface area contributed by atoms with E-state index in [0.29, 0.717) is 23.7 Å². The minimum absolute atomic E-state index is 0.137. The molecule has 1 aromatic heterocycles. The Morgan fingerprint density at radius 3 is 2.45 bits per heavy atom. The molecule has 31 heavy (non-hydrogen) atoms. The number of aromatic nitrogens is 2. The second-order valence-electron chi connectivity index (χ2n) is 6.92. The summed E-state index contributed by atoms with van der Waals surface area (Å²) in [7, 11) is 4.65. The summed E-state index contributed by atoms with van der Waals surface area (Å²) in [5, 5.41) is 5.70. The number of ether oxygens (including phenoxy) is 3. The maximum Gasteiger partial charge on any atom is 0.287 e. The fourth-order valence-corrected chi connectivity index (χ4v) is 3.42. The van der Waals surface area contributed by atoms with E-state index in [4.69, 9.17) is 14.2 Å². The third-order valence-corrected chi connectivity index (χ3v) is 5.07. The van der Waals surface area contributed by atoms with Gasteiger partial charge < -0.3 is 29.4 Å². The molecule has 0 saturated carbocycles. The Balaban J connectivity index is 1.54. The molecule has 0 bridgehead atoms. The van der Waals surface area contributed by atoms with E-state index in [-0.39, 0.29) is 23.5 Å². The van der Waals surface area contributed by atoms with E-state index in [9.17, 15) is 9.59 Å². The molecule has 9 nitrogen and oxygen atoms in total. The monoisotopic (exact) mass is 422 g/mol. The van der Waals surface area contributed by atoms with E-state index >= 15 is 0 Å². The van der Waals surface area contributed by atoms with Gasteiger partial charge in [0.1, 0.15) is 22.9 Å². The van der Waals surface area contributed by atoms with E-state index in [2.05, 4.69) is 15.6 Å². The number of hydrogen-bond acceptors (Lipinski definition) is 6. The second kappa shape index (κ2) is 8.39. The molecule has 0 aliphatic carbocycles. The largest absolute Gasteiger partial charge is 0.497 e. The van der Waals surface area contributed by atoms with Gasteiger partial charge >= 0.3 is 0 Å². The Labute approximate surface area is 178 Å². The lowest BCUT2D eigenvalue weighted by Gasteiger charge is -2.25. The van der Waals surface area contributed by atoms with Gasteiger partial charge in [0.2, 0.25) is 0 Å². The van der Waals surface area contributed by atoms with Crippen LogP contribution in [-0.4, -0.2) is 42.7 Å². The molecular weight excluding hydrogens is 400 g/mol. The third-order valence-electron chi connectivity index (χ3n) is 5.07. The van der Waals surface area contributed by atoms with Crippen molar-refractivity contribution < 1.29 is 23.8 Å². The van der Waals surface area contributed by atoms with Crippen molar-refractivity contribution in [2.75, 3.05) is 26.6 Å². The normalized spacial score (nSPS) is 14.9. The highest BCUT2D eigenvalue weighted by molar-refractivity contribution is 6.04. The second-order valence-corrected chi connectivity index (χ2v) is 6.92. The van der Waals surface area contributed by atoms with E-state index in [1.165, 1.54) is 7.11 Å². The van der Waals surface area contributed by atoms with Crippen LogP contribution in [-0.2, 0) is 6.54 Å². The molecule has 4 rings (SSSR count). The van der Waals surface area contributed by atoms with Gasteiger partial charge in [-0.3, -0.25) is 9.59 Å². The molecule has 1 aliphatic heterocycles. The predicted octanol–water partition coefficient (Wildman–Crippen LogP) is 2.65. The molecule has 0 spiro atoms. The fraction of sp³-hybridized carbons (Fsp3) is 0.227. The van der Waals surface area contributed by atoms with Crippen LogP contribution in [0.25, 0.3) is 0 Å². The number of methoxy groups -OCH3 is 3. The molecule has 2 heterocycles.